The van der Waals surface area contributed by atoms with Crippen molar-refractivity contribution in [2.24, 2.45) is 0 Å². The lowest BCUT2D eigenvalue weighted by Gasteiger charge is -2.15. The van der Waals surface area contributed by atoms with Gasteiger partial charge in [0.15, 0.2) is 0 Å². The molecule has 1 N–H and O–H groups in total. The third-order valence-corrected chi connectivity index (χ3v) is 4.65. The van der Waals surface area contributed by atoms with Gasteiger partial charge in [0.05, 0.1) is 12.2 Å². The molecule has 0 saturated carbocycles. The molecule has 2 rings (SSSR count). The number of nitrogens with one attached hydrogen (secondary N) is 1. The lowest BCUT2D eigenvalue weighted by atomic mass is 10.1. The van der Waals surface area contributed by atoms with Crippen LogP contribution in [0.25, 0.3) is 0 Å². The zero-order chi connectivity index (χ0) is 14.5. The molecule has 0 aromatic carbocycles. The maximum atomic E-state index is 4.61. The summed E-state index contributed by atoms with van der Waals surface area (Å²) in [6, 6.07) is 2.71. The van der Waals surface area contributed by atoms with Crippen LogP contribution in [-0.4, -0.2) is 16.1 Å². The normalized spacial score (nSPS) is 12.8. The van der Waals surface area contributed by atoms with E-state index in [-0.39, 0.29) is 0 Å². The molecular weight excluding hydrogens is 266 g/mol. The van der Waals surface area contributed by atoms with Crippen molar-refractivity contribution in [2.45, 2.75) is 53.1 Å². The van der Waals surface area contributed by atoms with Crippen LogP contribution in [0.15, 0.2) is 18.5 Å². The van der Waals surface area contributed by atoms with Gasteiger partial charge >= 0.3 is 0 Å². The van der Waals surface area contributed by atoms with E-state index in [1.54, 1.807) is 11.3 Å². The van der Waals surface area contributed by atoms with Gasteiger partial charge in [0.1, 0.15) is 5.01 Å². The Balaban J connectivity index is 2.07. The Bertz CT molecular complexity index is 516. The molecule has 0 aliphatic rings. The third kappa shape index (κ3) is 3.70. The topological polar surface area (TPSA) is 29.9 Å². The lowest BCUT2D eigenvalue weighted by molar-refractivity contribution is 0.508. The summed E-state index contributed by atoms with van der Waals surface area (Å²) in [6.45, 7) is 10.5. The quantitative estimate of drug-likeness (QED) is 0.833. The highest BCUT2D eigenvalue weighted by atomic mass is 32.1. The summed E-state index contributed by atoms with van der Waals surface area (Å²) >= 11 is 1.80. The molecule has 0 radical (unpaired) electrons. The van der Waals surface area contributed by atoms with E-state index in [9.17, 15) is 0 Å². The third-order valence-electron chi connectivity index (χ3n) is 3.59. The molecule has 2 aromatic rings. The summed E-state index contributed by atoms with van der Waals surface area (Å²) in [5.74, 6) is 0. The van der Waals surface area contributed by atoms with Crippen LogP contribution in [0.3, 0.4) is 0 Å². The van der Waals surface area contributed by atoms with Gasteiger partial charge in [-0.15, -0.1) is 11.3 Å². The highest BCUT2D eigenvalue weighted by Gasteiger charge is 2.11. The average molecular weight is 291 g/mol. The van der Waals surface area contributed by atoms with E-state index < -0.39 is 0 Å². The highest BCUT2D eigenvalue weighted by Crippen LogP contribution is 2.21. The zero-order valence-corrected chi connectivity index (χ0v) is 13.8. The Morgan fingerprint density at radius 2 is 2.15 bits per heavy atom. The molecule has 0 saturated heterocycles. The van der Waals surface area contributed by atoms with Gasteiger partial charge in [-0.3, -0.25) is 0 Å². The summed E-state index contributed by atoms with van der Waals surface area (Å²) < 4.78 is 2.24. The zero-order valence-electron chi connectivity index (χ0n) is 12.9. The molecule has 20 heavy (non-hydrogen) atoms. The minimum atomic E-state index is 0.478. The van der Waals surface area contributed by atoms with Crippen LogP contribution in [0, 0.1) is 13.8 Å². The molecule has 0 amide bonds. The summed E-state index contributed by atoms with van der Waals surface area (Å²) in [4.78, 5) is 5.94. The van der Waals surface area contributed by atoms with Crippen molar-refractivity contribution in [1.29, 1.82) is 0 Å². The smallest absolute Gasteiger partial charge is 0.113 e. The molecule has 4 heteroatoms. The second-order valence-corrected chi connectivity index (χ2v) is 6.55. The fraction of sp³-hybridized carbons (Fsp3) is 0.562. The van der Waals surface area contributed by atoms with Crippen LogP contribution in [-0.2, 0) is 6.54 Å². The standard InChI is InChI=1S/C16H25N3S/c1-5-7-15(17-6-2)14-8-9-19(10-14)11-16-18-12(3)13(4)20-16/h8-10,15,17H,5-7,11H2,1-4H3. The van der Waals surface area contributed by atoms with Crippen molar-refractivity contribution in [3.05, 3.63) is 39.6 Å². The molecule has 2 heterocycles. The predicted molar refractivity (Wildman–Crippen MR) is 86.4 cm³/mol. The average Bonchev–Trinajstić information content (AvgIpc) is 2.98. The van der Waals surface area contributed by atoms with E-state index in [2.05, 4.69) is 61.0 Å². The van der Waals surface area contributed by atoms with Gasteiger partial charge in [-0.1, -0.05) is 20.3 Å². The molecule has 2 aromatic heterocycles. The monoisotopic (exact) mass is 291 g/mol. The Kier molecular flexibility index (Phi) is 5.38. The van der Waals surface area contributed by atoms with Crippen LogP contribution in [0.1, 0.15) is 53.9 Å². The number of hydrogen-bond acceptors (Lipinski definition) is 3. The number of aryl methyl sites for hydroxylation is 2. The number of rotatable bonds is 7. The first-order chi connectivity index (χ1) is 9.63. The summed E-state index contributed by atoms with van der Waals surface area (Å²) in [5.41, 5.74) is 2.55. The Hall–Kier alpha value is -1.13. The van der Waals surface area contributed by atoms with Crippen molar-refractivity contribution in [2.75, 3.05) is 6.54 Å². The van der Waals surface area contributed by atoms with Crippen molar-refractivity contribution in [1.82, 2.24) is 14.9 Å². The van der Waals surface area contributed by atoms with E-state index >= 15 is 0 Å². The van der Waals surface area contributed by atoms with E-state index in [0.717, 1.165) is 18.8 Å². The fourth-order valence-electron chi connectivity index (χ4n) is 2.45. The second-order valence-electron chi connectivity index (χ2n) is 5.27. The number of hydrogen-bond donors (Lipinski definition) is 1. The lowest BCUT2D eigenvalue weighted by Crippen LogP contribution is -2.20. The molecule has 0 fully saturated rings. The second kappa shape index (κ2) is 7.04. The first kappa shape index (κ1) is 15.3. The maximum Gasteiger partial charge on any atom is 0.113 e. The summed E-state index contributed by atoms with van der Waals surface area (Å²) in [7, 11) is 0. The minimum absolute atomic E-state index is 0.478. The Morgan fingerprint density at radius 1 is 1.35 bits per heavy atom. The summed E-state index contributed by atoms with van der Waals surface area (Å²) in [6.07, 6.45) is 6.82. The molecular formula is C16H25N3S. The molecule has 0 spiro atoms. The van der Waals surface area contributed by atoms with Gasteiger partial charge in [0.2, 0.25) is 0 Å². The van der Waals surface area contributed by atoms with Gasteiger partial charge < -0.3 is 9.88 Å². The molecule has 0 aliphatic carbocycles. The van der Waals surface area contributed by atoms with Crippen LogP contribution in [0.5, 0.6) is 0 Å². The van der Waals surface area contributed by atoms with Crippen LogP contribution in [0.4, 0.5) is 0 Å². The van der Waals surface area contributed by atoms with Crippen LogP contribution >= 0.6 is 11.3 Å². The van der Waals surface area contributed by atoms with Crippen LogP contribution in [0.2, 0.25) is 0 Å². The Labute approximate surface area is 126 Å². The van der Waals surface area contributed by atoms with Gasteiger partial charge in [-0.05, 0) is 38.4 Å². The molecule has 0 aliphatic heterocycles. The van der Waals surface area contributed by atoms with Gasteiger partial charge in [0, 0.05) is 23.3 Å². The van der Waals surface area contributed by atoms with Gasteiger partial charge in [0.25, 0.3) is 0 Å². The van der Waals surface area contributed by atoms with Crippen molar-refractivity contribution >= 4 is 11.3 Å². The Morgan fingerprint density at radius 3 is 2.75 bits per heavy atom. The SMILES string of the molecule is CCCC(NCC)c1ccn(Cc2nc(C)c(C)s2)c1. The maximum absolute atomic E-state index is 4.61. The molecule has 110 valence electrons. The minimum Gasteiger partial charge on any atom is -0.347 e. The molecule has 0 bridgehead atoms. The number of aromatic nitrogens is 2. The van der Waals surface area contributed by atoms with Crippen molar-refractivity contribution < 1.29 is 0 Å². The van der Waals surface area contributed by atoms with E-state index in [1.165, 1.54) is 28.3 Å². The predicted octanol–water partition coefficient (Wildman–Crippen LogP) is 4.06. The molecule has 1 atom stereocenters. The first-order valence-corrected chi connectivity index (χ1v) is 8.27. The molecule has 1 unspecified atom stereocenters. The van der Waals surface area contributed by atoms with Gasteiger partial charge in [-0.25, -0.2) is 4.98 Å². The van der Waals surface area contributed by atoms with Crippen LogP contribution < -0.4 is 5.32 Å². The van der Waals surface area contributed by atoms with Gasteiger partial charge in [-0.2, -0.15) is 0 Å². The largest absolute Gasteiger partial charge is 0.347 e. The molecule has 3 nitrogen and oxygen atoms in total. The first-order valence-electron chi connectivity index (χ1n) is 7.46. The van der Waals surface area contributed by atoms with Crippen molar-refractivity contribution in [3.8, 4) is 0 Å². The highest BCUT2D eigenvalue weighted by molar-refractivity contribution is 7.11. The fourth-order valence-corrected chi connectivity index (χ4v) is 3.39. The van der Waals surface area contributed by atoms with E-state index in [1.807, 2.05) is 0 Å². The van der Waals surface area contributed by atoms with Crippen molar-refractivity contribution in [3.63, 3.8) is 0 Å². The summed E-state index contributed by atoms with van der Waals surface area (Å²) in [5, 5.41) is 4.76. The number of thiazole rings is 1. The van der Waals surface area contributed by atoms with E-state index in [0.29, 0.717) is 6.04 Å². The van der Waals surface area contributed by atoms with E-state index in [4.69, 9.17) is 0 Å². The number of nitrogens with zero attached hydrogens (tertiary/aromatic N) is 2.